The van der Waals surface area contributed by atoms with Crippen molar-refractivity contribution in [3.8, 4) is 0 Å². The number of hydrazone groups is 1. The van der Waals surface area contributed by atoms with E-state index >= 15 is 0 Å². The van der Waals surface area contributed by atoms with Gasteiger partial charge in [0.05, 0.1) is 5.75 Å². The van der Waals surface area contributed by atoms with Crippen molar-refractivity contribution in [2.45, 2.75) is 31.9 Å². The molecule has 7 heteroatoms. The predicted molar refractivity (Wildman–Crippen MR) is 60.1 cm³/mol. The number of nitrogens with two attached hydrogens (primary N) is 2. The number of thioether (sulfide) groups is 1. The van der Waals surface area contributed by atoms with Crippen LogP contribution in [0.5, 0.6) is 0 Å². The third-order valence-electron chi connectivity index (χ3n) is 1.59. The zero-order valence-electron chi connectivity index (χ0n) is 9.02. The molecule has 0 saturated heterocycles. The third-order valence-corrected chi connectivity index (χ3v) is 2.39. The molecule has 1 aromatic rings. The van der Waals surface area contributed by atoms with Gasteiger partial charge in [0.1, 0.15) is 0 Å². The Morgan fingerprint density at radius 3 is 2.67 bits per heavy atom. The molecule has 0 unspecified atom stereocenters. The molecule has 0 amide bonds. The van der Waals surface area contributed by atoms with Crippen LogP contribution >= 0.6 is 11.8 Å². The van der Waals surface area contributed by atoms with Gasteiger partial charge in [0.15, 0.2) is 11.0 Å². The Hall–Kier alpha value is -1.24. The average molecular weight is 229 g/mol. The van der Waals surface area contributed by atoms with Crippen LogP contribution in [0.1, 0.15) is 32.5 Å². The summed E-state index contributed by atoms with van der Waals surface area (Å²) in [7, 11) is 0. The minimum absolute atomic E-state index is 0.135. The Balaban J connectivity index is 2.62. The molecule has 0 atom stereocenters. The summed E-state index contributed by atoms with van der Waals surface area (Å²) in [6.45, 7) is 6.02. The quantitative estimate of drug-likeness (QED) is 0.336. The molecule has 0 radical (unpaired) electrons. The van der Waals surface area contributed by atoms with Gasteiger partial charge in [-0.1, -0.05) is 37.7 Å². The van der Waals surface area contributed by atoms with E-state index in [0.29, 0.717) is 22.6 Å². The molecular weight excluding hydrogens is 214 g/mol. The van der Waals surface area contributed by atoms with Crippen molar-refractivity contribution >= 4 is 16.9 Å². The van der Waals surface area contributed by atoms with E-state index in [1.54, 1.807) is 0 Å². The van der Waals surface area contributed by atoms with Gasteiger partial charge in [-0.3, -0.25) is 0 Å². The summed E-state index contributed by atoms with van der Waals surface area (Å²) in [5.74, 6) is 6.70. The Bertz CT molecular complexity index is 354. The maximum absolute atomic E-state index is 5.42. The minimum Gasteiger partial charge on any atom is -0.377 e. The van der Waals surface area contributed by atoms with Gasteiger partial charge in [-0.25, -0.2) is 0 Å². The molecular formula is C8H15N5OS. The van der Waals surface area contributed by atoms with Crippen LogP contribution in [-0.4, -0.2) is 15.3 Å². The van der Waals surface area contributed by atoms with Crippen LogP contribution in [0.4, 0.5) is 0 Å². The number of hydrogen-bond acceptors (Lipinski definition) is 6. The fourth-order valence-electron chi connectivity index (χ4n) is 0.793. The van der Waals surface area contributed by atoms with Crippen molar-refractivity contribution in [1.29, 1.82) is 0 Å². The van der Waals surface area contributed by atoms with Crippen molar-refractivity contribution in [3.05, 3.63) is 11.7 Å². The molecule has 15 heavy (non-hydrogen) atoms. The van der Waals surface area contributed by atoms with E-state index in [1.165, 1.54) is 11.8 Å². The highest BCUT2D eigenvalue weighted by Crippen LogP contribution is 2.20. The van der Waals surface area contributed by atoms with Gasteiger partial charge in [0.25, 0.3) is 0 Å². The normalized spacial score (nSPS) is 13.1. The first-order valence-electron chi connectivity index (χ1n) is 4.42. The highest BCUT2D eigenvalue weighted by atomic mass is 32.2. The first-order chi connectivity index (χ1) is 6.93. The summed E-state index contributed by atoms with van der Waals surface area (Å²) < 4.78 is 5.11. The fourth-order valence-corrected chi connectivity index (χ4v) is 1.26. The van der Waals surface area contributed by atoms with E-state index in [1.807, 2.05) is 20.8 Å². The molecule has 84 valence electrons. The molecule has 6 nitrogen and oxygen atoms in total. The molecule has 0 aliphatic heterocycles. The van der Waals surface area contributed by atoms with Crippen LogP contribution < -0.4 is 11.6 Å². The highest BCUT2D eigenvalue weighted by molar-refractivity contribution is 8.13. The van der Waals surface area contributed by atoms with Gasteiger partial charge in [-0.05, 0) is 0 Å². The van der Waals surface area contributed by atoms with Crippen molar-refractivity contribution < 1.29 is 4.52 Å². The van der Waals surface area contributed by atoms with Crippen LogP contribution in [0, 0.1) is 0 Å². The van der Waals surface area contributed by atoms with E-state index < -0.39 is 0 Å². The van der Waals surface area contributed by atoms with Crippen LogP contribution in [0.2, 0.25) is 0 Å². The molecule has 1 rings (SSSR count). The van der Waals surface area contributed by atoms with Gasteiger partial charge in [-0.2, -0.15) is 10.1 Å². The van der Waals surface area contributed by atoms with Gasteiger partial charge < -0.3 is 16.1 Å². The monoisotopic (exact) mass is 229 g/mol. The second kappa shape index (κ2) is 4.52. The molecule has 0 bridgehead atoms. The Labute approximate surface area is 92.5 Å². The van der Waals surface area contributed by atoms with Crippen LogP contribution in [-0.2, 0) is 11.2 Å². The molecule has 0 spiro atoms. The van der Waals surface area contributed by atoms with Crippen molar-refractivity contribution in [2.24, 2.45) is 16.7 Å². The van der Waals surface area contributed by atoms with Gasteiger partial charge in [-0.15, -0.1) is 0 Å². The van der Waals surface area contributed by atoms with E-state index in [4.69, 9.17) is 16.1 Å². The van der Waals surface area contributed by atoms with E-state index in [-0.39, 0.29) is 5.41 Å². The van der Waals surface area contributed by atoms with E-state index in [9.17, 15) is 0 Å². The number of rotatable bonds is 2. The standard InChI is InChI=1S/C8H15N5OS/c1-8(2,3)6-11-5(13-14-6)4-15-7(9)12-10/h4,10H2,1-3H3,(H2,9,12). The van der Waals surface area contributed by atoms with Crippen LogP contribution in [0.25, 0.3) is 0 Å². The molecule has 1 aromatic heterocycles. The molecule has 0 saturated carbocycles. The smallest absolute Gasteiger partial charge is 0.232 e. The molecule has 0 aliphatic rings. The molecule has 0 aromatic carbocycles. The summed E-state index contributed by atoms with van der Waals surface area (Å²) in [6, 6.07) is 0. The van der Waals surface area contributed by atoms with E-state index in [2.05, 4.69) is 15.2 Å². The van der Waals surface area contributed by atoms with Gasteiger partial charge in [0.2, 0.25) is 5.89 Å². The SMILES string of the molecule is CC(C)(C)c1nc(CSC(N)=NN)no1. The number of nitrogens with zero attached hydrogens (tertiary/aromatic N) is 3. The lowest BCUT2D eigenvalue weighted by Gasteiger charge is -2.10. The summed E-state index contributed by atoms with van der Waals surface area (Å²) in [5.41, 5.74) is 5.28. The van der Waals surface area contributed by atoms with Crippen molar-refractivity contribution in [3.63, 3.8) is 0 Å². The lowest BCUT2D eigenvalue weighted by Crippen LogP contribution is -2.12. The topological polar surface area (TPSA) is 103 Å². The zero-order valence-corrected chi connectivity index (χ0v) is 9.84. The van der Waals surface area contributed by atoms with Gasteiger partial charge in [0, 0.05) is 5.41 Å². The number of hydrogen-bond donors (Lipinski definition) is 2. The summed E-state index contributed by atoms with van der Waals surface area (Å²) in [5, 5.41) is 7.46. The molecule has 0 fully saturated rings. The first kappa shape index (κ1) is 11.8. The third kappa shape index (κ3) is 3.43. The largest absolute Gasteiger partial charge is 0.377 e. The zero-order chi connectivity index (χ0) is 11.5. The summed E-state index contributed by atoms with van der Waals surface area (Å²) >= 11 is 1.27. The minimum atomic E-state index is -0.135. The molecule has 1 heterocycles. The Morgan fingerprint density at radius 2 is 2.20 bits per heavy atom. The second-order valence-electron chi connectivity index (χ2n) is 4.02. The predicted octanol–water partition coefficient (Wildman–Crippen LogP) is 0.789. The average Bonchev–Trinajstić information content (AvgIpc) is 2.61. The fraction of sp³-hybridized carbons (Fsp3) is 0.625. The van der Waals surface area contributed by atoms with Crippen LogP contribution in [0.3, 0.4) is 0 Å². The van der Waals surface area contributed by atoms with Crippen LogP contribution in [0.15, 0.2) is 9.62 Å². The maximum Gasteiger partial charge on any atom is 0.232 e. The second-order valence-corrected chi connectivity index (χ2v) is 5.02. The van der Waals surface area contributed by atoms with E-state index in [0.717, 1.165) is 0 Å². The Morgan fingerprint density at radius 1 is 1.53 bits per heavy atom. The number of aromatic nitrogens is 2. The van der Waals surface area contributed by atoms with Crippen molar-refractivity contribution in [1.82, 2.24) is 10.1 Å². The number of amidine groups is 1. The Kier molecular flexibility index (Phi) is 3.57. The summed E-state index contributed by atoms with van der Waals surface area (Å²) in [4.78, 5) is 4.24. The lowest BCUT2D eigenvalue weighted by molar-refractivity contribution is 0.319. The van der Waals surface area contributed by atoms with Crippen molar-refractivity contribution in [2.75, 3.05) is 0 Å². The maximum atomic E-state index is 5.42. The highest BCUT2D eigenvalue weighted by Gasteiger charge is 2.21. The first-order valence-corrected chi connectivity index (χ1v) is 5.41. The summed E-state index contributed by atoms with van der Waals surface area (Å²) in [6.07, 6.45) is 0. The molecule has 0 aliphatic carbocycles. The lowest BCUT2D eigenvalue weighted by atomic mass is 9.97. The van der Waals surface area contributed by atoms with Gasteiger partial charge >= 0.3 is 0 Å². The molecule has 4 N–H and O–H groups in total.